The van der Waals surface area contributed by atoms with E-state index in [1.807, 2.05) is 29.6 Å². The molecule has 2 amide bonds. The maximum atomic E-state index is 12.3. The minimum Gasteiger partial charge on any atom is -0.508 e. The molecule has 3 heterocycles. The summed E-state index contributed by atoms with van der Waals surface area (Å²) in [7, 11) is 1.59. The Morgan fingerprint density at radius 3 is 2.72 bits per heavy atom. The minimum atomic E-state index is -0.437. The highest BCUT2D eigenvalue weighted by molar-refractivity contribution is 7.16. The van der Waals surface area contributed by atoms with Crippen molar-refractivity contribution in [3.63, 3.8) is 0 Å². The van der Waals surface area contributed by atoms with E-state index in [9.17, 15) is 14.7 Å². The van der Waals surface area contributed by atoms with E-state index in [-0.39, 0.29) is 5.75 Å². The predicted molar refractivity (Wildman–Crippen MR) is 128 cm³/mol. The van der Waals surface area contributed by atoms with Crippen molar-refractivity contribution in [2.75, 3.05) is 7.05 Å². The molecule has 1 aliphatic heterocycles. The largest absolute Gasteiger partial charge is 0.508 e. The molecule has 0 spiro atoms. The van der Waals surface area contributed by atoms with E-state index < -0.39 is 11.8 Å². The Balaban J connectivity index is 1.67. The lowest BCUT2D eigenvalue weighted by Gasteiger charge is -2.18. The molecule has 1 aromatic carbocycles. The van der Waals surface area contributed by atoms with Gasteiger partial charge < -0.3 is 5.11 Å². The topological polar surface area (TPSA) is 94.4 Å². The van der Waals surface area contributed by atoms with Crippen LogP contribution in [0.25, 0.3) is 0 Å². The monoisotopic (exact) mass is 464 g/mol. The van der Waals surface area contributed by atoms with Crippen LogP contribution in [0.2, 0.25) is 0 Å². The summed E-state index contributed by atoms with van der Waals surface area (Å²) in [5, 5.41) is 13.4. The summed E-state index contributed by atoms with van der Waals surface area (Å²) < 4.78 is 0. The Hall–Kier alpha value is -3.56. The van der Waals surface area contributed by atoms with Crippen molar-refractivity contribution < 1.29 is 14.7 Å². The number of nitrogens with one attached hydrogen (secondary N) is 1. The van der Waals surface area contributed by atoms with E-state index in [1.54, 1.807) is 49.7 Å². The average molecular weight is 465 g/mol. The maximum absolute atomic E-state index is 12.3. The Kier molecular flexibility index (Phi) is 6.29. The van der Waals surface area contributed by atoms with Gasteiger partial charge in [0, 0.05) is 41.1 Å². The molecule has 1 aliphatic rings. The number of carbonyl (C=O) groups excluding carboxylic acids is 2. The van der Waals surface area contributed by atoms with Crippen LogP contribution in [0.1, 0.15) is 27.8 Å². The van der Waals surface area contributed by atoms with Gasteiger partial charge in [-0.05, 0) is 42.1 Å². The Labute approximate surface area is 193 Å². The van der Waals surface area contributed by atoms with Gasteiger partial charge in [-0.15, -0.1) is 22.7 Å². The molecule has 7 nitrogen and oxygen atoms in total. The number of aliphatic imine (C=N–C) groups is 2. The molecule has 0 atom stereocenters. The van der Waals surface area contributed by atoms with Crippen LogP contribution in [0.15, 0.2) is 69.5 Å². The van der Waals surface area contributed by atoms with Gasteiger partial charge >= 0.3 is 0 Å². The molecule has 2 aromatic heterocycles. The average Bonchev–Trinajstić information content (AvgIpc) is 3.47. The zero-order valence-electron chi connectivity index (χ0n) is 17.4. The standard InChI is InChI=1S/C23H20N4O3S2/c1-14-9-20(29)27(23(14)30)26-21(24-2)19-12-18(11-15-5-3-6-16(28)10-15)32-22(19)25-13-17-7-4-8-31-17/h3-10,12-13,28H,11H2,1-2H3,(H,24,26)/b25-13+. The maximum Gasteiger partial charge on any atom is 0.275 e. The fourth-order valence-electron chi connectivity index (χ4n) is 3.17. The first kappa shape index (κ1) is 21.7. The Bertz CT molecular complexity index is 1260. The lowest BCUT2D eigenvalue weighted by molar-refractivity contribution is -0.139. The summed E-state index contributed by atoms with van der Waals surface area (Å²) in [6.07, 6.45) is 3.67. The van der Waals surface area contributed by atoms with Gasteiger partial charge in [-0.1, -0.05) is 18.2 Å². The summed E-state index contributed by atoms with van der Waals surface area (Å²) in [5.41, 5.74) is 4.87. The first-order valence-corrected chi connectivity index (χ1v) is 11.4. The molecule has 9 heteroatoms. The van der Waals surface area contributed by atoms with Crippen LogP contribution >= 0.6 is 22.7 Å². The van der Waals surface area contributed by atoms with Crippen molar-refractivity contribution in [2.45, 2.75) is 13.3 Å². The van der Waals surface area contributed by atoms with Gasteiger partial charge in [0.15, 0.2) is 5.84 Å². The number of hydrazine groups is 1. The quantitative estimate of drug-likeness (QED) is 0.327. The smallest absolute Gasteiger partial charge is 0.275 e. The van der Waals surface area contributed by atoms with Crippen molar-refractivity contribution in [3.05, 3.63) is 80.4 Å². The fraction of sp³-hybridized carbons (Fsp3) is 0.130. The van der Waals surface area contributed by atoms with E-state index >= 15 is 0 Å². The Morgan fingerprint density at radius 1 is 1.22 bits per heavy atom. The number of amides is 2. The molecule has 0 saturated carbocycles. The zero-order valence-corrected chi connectivity index (χ0v) is 19.0. The zero-order chi connectivity index (χ0) is 22.7. The van der Waals surface area contributed by atoms with Crippen LogP contribution in [-0.2, 0) is 16.0 Å². The number of hydrogen-bond donors (Lipinski definition) is 2. The molecule has 0 bridgehead atoms. The molecular formula is C23H20N4O3S2. The van der Waals surface area contributed by atoms with Crippen molar-refractivity contribution in [2.24, 2.45) is 9.98 Å². The summed E-state index contributed by atoms with van der Waals surface area (Å²) in [5.74, 6) is -0.268. The van der Waals surface area contributed by atoms with E-state index in [0.717, 1.165) is 20.3 Å². The molecule has 4 rings (SSSR count). The molecular weight excluding hydrogens is 444 g/mol. The summed E-state index contributed by atoms with van der Waals surface area (Å²) in [4.78, 5) is 35.4. The van der Waals surface area contributed by atoms with Gasteiger partial charge in [0.05, 0.1) is 5.56 Å². The van der Waals surface area contributed by atoms with E-state index in [1.165, 1.54) is 17.4 Å². The van der Waals surface area contributed by atoms with Gasteiger partial charge in [0.1, 0.15) is 10.8 Å². The Morgan fingerprint density at radius 2 is 2.06 bits per heavy atom. The number of thiophene rings is 2. The highest BCUT2D eigenvalue weighted by atomic mass is 32.1. The van der Waals surface area contributed by atoms with Gasteiger partial charge in [0.25, 0.3) is 11.8 Å². The van der Waals surface area contributed by atoms with Crippen LogP contribution in [-0.4, -0.2) is 41.0 Å². The molecule has 0 saturated heterocycles. The number of rotatable bonds is 6. The van der Waals surface area contributed by atoms with Gasteiger partial charge in [-0.25, -0.2) is 4.99 Å². The molecule has 0 fully saturated rings. The summed E-state index contributed by atoms with van der Waals surface area (Å²) >= 11 is 3.07. The van der Waals surface area contributed by atoms with Crippen LogP contribution < -0.4 is 5.43 Å². The number of hydrogen-bond acceptors (Lipinski definition) is 7. The molecule has 32 heavy (non-hydrogen) atoms. The second-order valence-corrected chi connectivity index (χ2v) is 9.14. The number of imide groups is 1. The number of phenolic OH excluding ortho intramolecular Hbond substituents is 1. The third-order valence-corrected chi connectivity index (χ3v) is 6.55. The van der Waals surface area contributed by atoms with Crippen LogP contribution in [0, 0.1) is 0 Å². The third-order valence-electron chi connectivity index (χ3n) is 4.70. The minimum absolute atomic E-state index is 0.210. The molecule has 2 N–H and O–H groups in total. The van der Waals surface area contributed by atoms with Gasteiger partial charge in [-0.3, -0.25) is 20.0 Å². The third kappa shape index (κ3) is 4.68. The number of nitrogens with zero attached hydrogens (tertiary/aromatic N) is 3. The second-order valence-electron chi connectivity index (χ2n) is 7.04. The SMILES string of the molecule is CN=C(NN1C(=O)C=C(C)C1=O)c1cc(Cc2cccc(O)c2)sc1/N=C/c1cccs1. The van der Waals surface area contributed by atoms with Crippen molar-refractivity contribution in [1.29, 1.82) is 0 Å². The first-order valence-electron chi connectivity index (χ1n) is 9.73. The van der Waals surface area contributed by atoms with Crippen molar-refractivity contribution >= 4 is 51.5 Å². The van der Waals surface area contributed by atoms with Crippen molar-refractivity contribution in [3.8, 4) is 5.75 Å². The number of benzene rings is 1. The van der Waals surface area contributed by atoms with E-state index in [4.69, 9.17) is 0 Å². The number of phenols is 1. The molecule has 0 radical (unpaired) electrons. The summed E-state index contributed by atoms with van der Waals surface area (Å²) in [6, 6.07) is 13.0. The van der Waals surface area contributed by atoms with E-state index in [0.29, 0.717) is 28.4 Å². The fourth-order valence-corrected chi connectivity index (χ4v) is 4.79. The number of amidine groups is 1. The van der Waals surface area contributed by atoms with Crippen LogP contribution in [0.4, 0.5) is 5.00 Å². The highest BCUT2D eigenvalue weighted by Gasteiger charge is 2.30. The normalized spacial score (nSPS) is 14.5. The van der Waals surface area contributed by atoms with Gasteiger partial charge in [-0.2, -0.15) is 5.01 Å². The predicted octanol–water partition coefficient (Wildman–Crippen LogP) is 4.05. The molecule has 162 valence electrons. The highest BCUT2D eigenvalue weighted by Crippen LogP contribution is 2.33. The number of aromatic hydroxyl groups is 1. The lowest BCUT2D eigenvalue weighted by atomic mass is 10.1. The first-order chi connectivity index (χ1) is 15.4. The lowest BCUT2D eigenvalue weighted by Crippen LogP contribution is -2.46. The number of carbonyl (C=O) groups is 2. The van der Waals surface area contributed by atoms with Gasteiger partial charge in [0.2, 0.25) is 0 Å². The second kappa shape index (κ2) is 9.29. The van der Waals surface area contributed by atoms with Crippen LogP contribution in [0.3, 0.4) is 0 Å². The van der Waals surface area contributed by atoms with E-state index in [2.05, 4.69) is 15.4 Å². The van der Waals surface area contributed by atoms with Crippen LogP contribution in [0.5, 0.6) is 5.75 Å². The molecule has 0 unspecified atom stereocenters. The van der Waals surface area contributed by atoms with Crippen molar-refractivity contribution in [1.82, 2.24) is 10.4 Å². The molecule has 0 aliphatic carbocycles. The molecule has 3 aromatic rings. The summed E-state index contributed by atoms with van der Waals surface area (Å²) in [6.45, 7) is 1.60.